The molecule has 0 aliphatic heterocycles. The van der Waals surface area contributed by atoms with Crippen molar-refractivity contribution in [3.63, 3.8) is 0 Å². The number of hydrogen-bond donors (Lipinski definition) is 2. The minimum Gasteiger partial charge on any atom is -0.481 e. The summed E-state index contributed by atoms with van der Waals surface area (Å²) in [6.45, 7) is 1.73. The predicted octanol–water partition coefficient (Wildman–Crippen LogP) is 0.535. The molecule has 1 aliphatic rings. The van der Waals surface area contributed by atoms with E-state index >= 15 is 0 Å². The lowest BCUT2D eigenvalue weighted by Gasteiger charge is -2.09. The molecule has 0 heterocycles. The third kappa shape index (κ3) is 2.04. The Morgan fingerprint density at radius 2 is 1.89 bits per heavy atom. The highest BCUT2D eigenvalue weighted by Crippen LogP contribution is 2.62. The molecule has 104 valence electrons. The van der Waals surface area contributed by atoms with E-state index in [1.807, 2.05) is 19.1 Å². The number of nitrogens with two attached hydrogens (primary N) is 1. The Hall–Kier alpha value is -1.40. The van der Waals surface area contributed by atoms with Crippen LogP contribution in [0.25, 0.3) is 0 Å². The Kier molecular flexibility index (Phi) is 3.18. The molecule has 0 aromatic heterocycles. The first-order valence-electron chi connectivity index (χ1n) is 5.94. The number of benzene rings is 1. The predicted molar refractivity (Wildman–Crippen MR) is 71.7 cm³/mol. The zero-order valence-corrected chi connectivity index (χ0v) is 11.6. The molecule has 1 saturated carbocycles. The molecule has 5 nitrogen and oxygen atoms in total. The molecule has 0 spiro atoms. The topological polar surface area (TPSA) is 97.5 Å². The summed E-state index contributed by atoms with van der Waals surface area (Å²) in [6, 6.07) is 7.24. The fourth-order valence-corrected chi connectivity index (χ4v) is 4.79. The van der Waals surface area contributed by atoms with Crippen LogP contribution in [0.5, 0.6) is 0 Å². The second kappa shape index (κ2) is 4.31. The van der Waals surface area contributed by atoms with Gasteiger partial charge in [0, 0.05) is 18.7 Å². The van der Waals surface area contributed by atoms with E-state index in [0.29, 0.717) is 5.56 Å². The molecular weight excluding hydrogens is 266 g/mol. The Bertz CT molecular complexity index is 608. The molecule has 19 heavy (non-hydrogen) atoms. The van der Waals surface area contributed by atoms with Crippen molar-refractivity contribution < 1.29 is 18.3 Å². The quantitative estimate of drug-likeness (QED) is 0.840. The average Bonchev–Trinajstić information content (AvgIpc) is 3.00. The summed E-state index contributed by atoms with van der Waals surface area (Å²) < 4.78 is 23.6. The van der Waals surface area contributed by atoms with Crippen LogP contribution in [0, 0.1) is 12.3 Å². The summed E-state index contributed by atoms with van der Waals surface area (Å²) in [4.78, 5) is 11.5. The first-order valence-corrected chi connectivity index (χ1v) is 7.89. The monoisotopic (exact) mass is 283 g/mol. The molecule has 1 aliphatic carbocycles. The van der Waals surface area contributed by atoms with E-state index in [1.54, 1.807) is 12.1 Å². The van der Waals surface area contributed by atoms with E-state index in [1.165, 1.54) is 0 Å². The van der Waals surface area contributed by atoms with Crippen molar-refractivity contribution >= 4 is 15.8 Å². The van der Waals surface area contributed by atoms with E-state index in [2.05, 4.69) is 0 Å². The normalized spacial score (nSPS) is 30.1. The van der Waals surface area contributed by atoms with Gasteiger partial charge in [0.1, 0.15) is 5.41 Å². The first-order chi connectivity index (χ1) is 8.75. The first kappa shape index (κ1) is 14.0. The third-order valence-corrected chi connectivity index (χ3v) is 5.51. The lowest BCUT2D eigenvalue weighted by Crippen LogP contribution is -2.31. The van der Waals surface area contributed by atoms with Crippen LogP contribution in [0.1, 0.15) is 17.0 Å². The standard InChI is InChI=1S/C13H17NO4S/c1-8-3-5-9(6-4-8)10-11(19(2,17)18)13(10,7-14)12(15)16/h3-6,10-11H,7,14H2,1-2H3,(H,15,16)/t10-,11-,13-/m0/s1. The molecule has 0 amide bonds. The van der Waals surface area contributed by atoms with Gasteiger partial charge in [0.2, 0.25) is 0 Å². The lowest BCUT2D eigenvalue weighted by molar-refractivity contribution is -0.143. The Morgan fingerprint density at radius 3 is 2.21 bits per heavy atom. The molecule has 2 rings (SSSR count). The summed E-state index contributed by atoms with van der Waals surface area (Å²) in [7, 11) is -3.46. The van der Waals surface area contributed by atoms with Gasteiger partial charge in [0.25, 0.3) is 0 Å². The second-order valence-corrected chi connectivity index (χ2v) is 7.36. The fraction of sp³-hybridized carbons (Fsp3) is 0.462. The molecule has 1 fully saturated rings. The molecule has 3 N–H and O–H groups in total. The van der Waals surface area contributed by atoms with Crippen molar-refractivity contribution in [3.05, 3.63) is 35.4 Å². The van der Waals surface area contributed by atoms with Crippen LogP contribution in [-0.4, -0.2) is 37.5 Å². The molecule has 3 atom stereocenters. The minimum atomic E-state index is -3.46. The van der Waals surface area contributed by atoms with Crippen molar-refractivity contribution in [1.82, 2.24) is 0 Å². The number of carboxylic acids is 1. The molecule has 6 heteroatoms. The number of aryl methyl sites for hydroxylation is 1. The van der Waals surface area contributed by atoms with Crippen LogP contribution < -0.4 is 5.73 Å². The Balaban J connectivity index is 2.50. The smallest absolute Gasteiger partial charge is 0.312 e. The van der Waals surface area contributed by atoms with Crippen molar-refractivity contribution in [1.29, 1.82) is 0 Å². The van der Waals surface area contributed by atoms with Gasteiger partial charge in [-0.1, -0.05) is 29.8 Å². The maximum absolute atomic E-state index is 11.8. The van der Waals surface area contributed by atoms with Gasteiger partial charge in [0.15, 0.2) is 9.84 Å². The molecule has 0 saturated heterocycles. The van der Waals surface area contributed by atoms with Crippen LogP contribution >= 0.6 is 0 Å². The minimum absolute atomic E-state index is 0.182. The number of aliphatic carboxylic acids is 1. The van der Waals surface area contributed by atoms with Crippen molar-refractivity contribution in [2.24, 2.45) is 11.1 Å². The zero-order valence-electron chi connectivity index (χ0n) is 10.8. The summed E-state index contributed by atoms with van der Waals surface area (Å²) >= 11 is 0. The summed E-state index contributed by atoms with van der Waals surface area (Å²) in [5, 5.41) is 8.44. The van der Waals surface area contributed by atoms with E-state index in [-0.39, 0.29) is 6.54 Å². The maximum Gasteiger partial charge on any atom is 0.312 e. The van der Waals surface area contributed by atoms with Crippen LogP contribution in [0.4, 0.5) is 0 Å². The maximum atomic E-state index is 11.8. The van der Waals surface area contributed by atoms with E-state index in [4.69, 9.17) is 5.73 Å². The largest absolute Gasteiger partial charge is 0.481 e. The summed E-state index contributed by atoms with van der Waals surface area (Å²) in [6.07, 6.45) is 1.07. The second-order valence-electron chi connectivity index (χ2n) is 5.19. The average molecular weight is 283 g/mol. The molecule has 1 aromatic rings. The molecule has 0 radical (unpaired) electrons. The van der Waals surface area contributed by atoms with Crippen molar-refractivity contribution in [3.8, 4) is 0 Å². The van der Waals surface area contributed by atoms with Crippen LogP contribution in [0.3, 0.4) is 0 Å². The van der Waals surface area contributed by atoms with Gasteiger partial charge in [-0.15, -0.1) is 0 Å². The SMILES string of the molecule is Cc1ccc([C@H]2[C@H](S(C)(=O)=O)[C@@]2(CN)C(=O)O)cc1. The number of sulfone groups is 1. The zero-order chi connectivity index (χ0) is 14.4. The molecule has 1 aromatic carbocycles. The highest BCUT2D eigenvalue weighted by atomic mass is 32.2. The summed E-state index contributed by atoms with van der Waals surface area (Å²) in [5.74, 6) is -1.71. The highest BCUT2D eigenvalue weighted by Gasteiger charge is 2.74. The number of carbonyl (C=O) groups is 1. The van der Waals surface area contributed by atoms with Gasteiger partial charge in [-0.3, -0.25) is 4.79 Å². The number of hydrogen-bond acceptors (Lipinski definition) is 4. The molecule has 0 bridgehead atoms. The van der Waals surface area contributed by atoms with E-state index < -0.39 is 32.4 Å². The van der Waals surface area contributed by atoms with Gasteiger partial charge >= 0.3 is 5.97 Å². The molecule has 0 unspecified atom stereocenters. The lowest BCUT2D eigenvalue weighted by atomic mass is 9.99. The number of carboxylic acid groups (broad SMARTS) is 1. The Morgan fingerprint density at radius 1 is 1.37 bits per heavy atom. The van der Waals surface area contributed by atoms with E-state index in [0.717, 1.165) is 11.8 Å². The van der Waals surface area contributed by atoms with Gasteiger partial charge < -0.3 is 10.8 Å². The van der Waals surface area contributed by atoms with Crippen molar-refractivity contribution in [2.45, 2.75) is 18.1 Å². The highest BCUT2D eigenvalue weighted by molar-refractivity contribution is 7.91. The van der Waals surface area contributed by atoms with Crippen LogP contribution in [-0.2, 0) is 14.6 Å². The Labute approximate surface area is 112 Å². The van der Waals surface area contributed by atoms with Gasteiger partial charge in [0.05, 0.1) is 5.25 Å². The number of rotatable bonds is 4. The summed E-state index contributed by atoms with van der Waals surface area (Å²) in [5.41, 5.74) is 5.94. The van der Waals surface area contributed by atoms with Gasteiger partial charge in [-0.2, -0.15) is 0 Å². The van der Waals surface area contributed by atoms with Crippen molar-refractivity contribution in [2.75, 3.05) is 12.8 Å². The van der Waals surface area contributed by atoms with Crippen LogP contribution in [0.2, 0.25) is 0 Å². The van der Waals surface area contributed by atoms with E-state index in [9.17, 15) is 18.3 Å². The third-order valence-electron chi connectivity index (χ3n) is 3.89. The van der Waals surface area contributed by atoms with Crippen LogP contribution in [0.15, 0.2) is 24.3 Å². The van der Waals surface area contributed by atoms with Gasteiger partial charge in [-0.25, -0.2) is 8.42 Å². The fourth-order valence-electron chi connectivity index (χ4n) is 2.87. The molecular formula is C13H17NO4S. The van der Waals surface area contributed by atoms with Gasteiger partial charge in [-0.05, 0) is 12.5 Å².